The largest absolute Gasteiger partial charge is 0.328 e. The molecule has 0 aliphatic carbocycles. The Kier molecular flexibility index (Phi) is 4.44. The van der Waals surface area contributed by atoms with Crippen molar-refractivity contribution in [3.63, 3.8) is 0 Å². The van der Waals surface area contributed by atoms with Crippen molar-refractivity contribution in [3.05, 3.63) is 37.3 Å². The molecule has 0 saturated carbocycles. The van der Waals surface area contributed by atoms with Gasteiger partial charge < -0.3 is 14.8 Å². The quantitative estimate of drug-likeness (QED) is 0.608. The van der Waals surface area contributed by atoms with Crippen LogP contribution in [0.3, 0.4) is 0 Å². The predicted molar refractivity (Wildman–Crippen MR) is 88.8 cm³/mol. The molecular weight excluding hydrogens is 400 g/mol. The number of H-pyrrole nitrogens is 1. The van der Waals surface area contributed by atoms with Gasteiger partial charge in [-0.1, -0.05) is 15.9 Å². The van der Waals surface area contributed by atoms with Crippen LogP contribution in [0, 0.1) is 0 Å². The van der Waals surface area contributed by atoms with Crippen LogP contribution in [-0.4, -0.2) is 43.2 Å². The molecule has 2 heterocycles. The minimum atomic E-state index is -0.0730. The summed E-state index contributed by atoms with van der Waals surface area (Å²) >= 11 is 6.90. The zero-order chi connectivity index (χ0) is 15.0. The summed E-state index contributed by atoms with van der Waals surface area (Å²) in [4.78, 5) is 22.9. The smallest absolute Gasteiger partial charge is 0.259 e. The molecule has 21 heavy (non-hydrogen) atoms. The van der Waals surface area contributed by atoms with Crippen molar-refractivity contribution in [1.82, 2.24) is 9.97 Å². The highest BCUT2D eigenvalue weighted by atomic mass is 79.9. The average Bonchev–Trinajstić information content (AvgIpc) is 2.43. The van der Waals surface area contributed by atoms with E-state index in [9.17, 15) is 4.79 Å². The lowest BCUT2D eigenvalue weighted by Gasteiger charge is -2.26. The number of aromatic nitrogens is 2. The first-order valence-corrected chi connectivity index (χ1v) is 8.64. The molecular formula is C14H18Br2N4O+2. The van der Waals surface area contributed by atoms with Crippen molar-refractivity contribution in [2.75, 3.05) is 33.2 Å². The van der Waals surface area contributed by atoms with Gasteiger partial charge in [0.2, 0.25) is 0 Å². The van der Waals surface area contributed by atoms with Gasteiger partial charge in [-0.15, -0.1) is 0 Å². The molecule has 1 aliphatic heterocycles. The van der Waals surface area contributed by atoms with Crippen LogP contribution in [0.25, 0.3) is 10.9 Å². The zero-order valence-electron chi connectivity index (χ0n) is 11.8. The van der Waals surface area contributed by atoms with Crippen LogP contribution in [-0.2, 0) is 6.54 Å². The lowest BCUT2D eigenvalue weighted by Crippen LogP contribution is -3.26. The van der Waals surface area contributed by atoms with E-state index in [2.05, 4.69) is 48.9 Å². The molecule has 0 amide bonds. The number of hydrogen-bond donors (Lipinski definition) is 3. The monoisotopic (exact) mass is 416 g/mol. The number of benzene rings is 1. The number of fused-ring (bicyclic) bond motifs is 1. The molecule has 0 atom stereocenters. The molecule has 1 aliphatic rings. The minimum absolute atomic E-state index is 0.0730. The van der Waals surface area contributed by atoms with Gasteiger partial charge in [0.15, 0.2) is 5.82 Å². The first kappa shape index (κ1) is 15.1. The highest BCUT2D eigenvalue weighted by Gasteiger charge is 2.21. The maximum absolute atomic E-state index is 12.2. The van der Waals surface area contributed by atoms with Gasteiger partial charge in [0.1, 0.15) is 32.7 Å². The molecule has 1 fully saturated rings. The Balaban J connectivity index is 1.92. The third-order valence-electron chi connectivity index (χ3n) is 4.01. The van der Waals surface area contributed by atoms with Gasteiger partial charge in [0.05, 0.1) is 18.0 Å². The van der Waals surface area contributed by atoms with E-state index in [1.807, 2.05) is 12.1 Å². The summed E-state index contributed by atoms with van der Waals surface area (Å²) in [5, 5.41) is 0.609. The Morgan fingerprint density at radius 2 is 1.95 bits per heavy atom. The predicted octanol–water partition coefficient (Wildman–Crippen LogP) is -0.639. The number of quaternary nitrogens is 2. The van der Waals surface area contributed by atoms with Crippen LogP contribution in [0.15, 0.2) is 25.9 Å². The Morgan fingerprint density at radius 1 is 1.24 bits per heavy atom. The molecule has 7 heteroatoms. The van der Waals surface area contributed by atoms with Crippen molar-refractivity contribution < 1.29 is 9.80 Å². The number of nitrogens with zero attached hydrogens (tertiary/aromatic N) is 1. The molecule has 1 saturated heterocycles. The highest BCUT2D eigenvalue weighted by Crippen LogP contribution is 2.24. The summed E-state index contributed by atoms with van der Waals surface area (Å²) in [6.45, 7) is 5.36. The molecule has 3 N–H and O–H groups in total. The van der Waals surface area contributed by atoms with E-state index in [-0.39, 0.29) is 5.56 Å². The van der Waals surface area contributed by atoms with Gasteiger partial charge >= 0.3 is 0 Å². The minimum Gasteiger partial charge on any atom is -0.328 e. The van der Waals surface area contributed by atoms with Gasteiger partial charge in [-0.2, -0.15) is 0 Å². The van der Waals surface area contributed by atoms with Crippen molar-refractivity contribution >= 4 is 42.8 Å². The molecule has 3 rings (SSSR count). The number of hydrogen-bond acceptors (Lipinski definition) is 2. The first-order chi connectivity index (χ1) is 10.0. The van der Waals surface area contributed by atoms with Crippen LogP contribution in [0.2, 0.25) is 0 Å². The van der Waals surface area contributed by atoms with E-state index in [4.69, 9.17) is 0 Å². The van der Waals surface area contributed by atoms with Crippen LogP contribution in [0.4, 0.5) is 0 Å². The molecule has 1 aromatic carbocycles. The van der Waals surface area contributed by atoms with Gasteiger partial charge in [0.25, 0.3) is 5.56 Å². The van der Waals surface area contributed by atoms with E-state index >= 15 is 0 Å². The van der Waals surface area contributed by atoms with Gasteiger partial charge in [-0.25, -0.2) is 4.98 Å². The molecule has 112 valence electrons. The van der Waals surface area contributed by atoms with Crippen LogP contribution in [0.1, 0.15) is 5.82 Å². The van der Waals surface area contributed by atoms with E-state index in [1.165, 1.54) is 18.0 Å². The summed E-state index contributed by atoms with van der Waals surface area (Å²) in [5.41, 5.74) is 0.659. The van der Waals surface area contributed by atoms with E-state index < -0.39 is 0 Å². The highest BCUT2D eigenvalue weighted by molar-refractivity contribution is 9.11. The average molecular weight is 418 g/mol. The lowest BCUT2D eigenvalue weighted by atomic mass is 10.2. The van der Waals surface area contributed by atoms with Gasteiger partial charge in [0, 0.05) is 8.95 Å². The van der Waals surface area contributed by atoms with E-state index in [1.54, 1.807) is 4.90 Å². The lowest BCUT2D eigenvalue weighted by molar-refractivity contribution is -1.01. The van der Waals surface area contributed by atoms with Crippen molar-refractivity contribution in [2.45, 2.75) is 6.54 Å². The van der Waals surface area contributed by atoms with Gasteiger partial charge in [-0.3, -0.25) is 4.79 Å². The van der Waals surface area contributed by atoms with Crippen molar-refractivity contribution in [3.8, 4) is 0 Å². The number of rotatable bonds is 2. The molecule has 5 nitrogen and oxygen atoms in total. The Bertz CT molecular complexity index is 723. The Morgan fingerprint density at radius 3 is 2.67 bits per heavy atom. The Hall–Kier alpha value is -0.760. The number of piperazine rings is 1. The second kappa shape index (κ2) is 6.16. The fourth-order valence-corrected chi connectivity index (χ4v) is 4.06. The Labute approximate surface area is 139 Å². The van der Waals surface area contributed by atoms with Crippen LogP contribution >= 0.6 is 31.9 Å². The van der Waals surface area contributed by atoms with Crippen molar-refractivity contribution in [1.29, 1.82) is 0 Å². The topological polar surface area (TPSA) is 54.6 Å². The summed E-state index contributed by atoms with van der Waals surface area (Å²) in [6.07, 6.45) is 0. The number of likely N-dealkylation sites (N-methyl/N-ethyl adjacent to an activating group) is 1. The third kappa shape index (κ3) is 3.36. The second-order valence-electron chi connectivity index (χ2n) is 5.68. The van der Waals surface area contributed by atoms with E-state index in [0.29, 0.717) is 5.39 Å². The second-order valence-corrected chi connectivity index (χ2v) is 7.45. The van der Waals surface area contributed by atoms with E-state index in [0.717, 1.165) is 39.9 Å². The fourth-order valence-electron chi connectivity index (χ4n) is 2.74. The maximum Gasteiger partial charge on any atom is 0.259 e. The SMILES string of the molecule is C[NH+]1CC[NH+](Cc2nc3c(Br)cc(Br)cc3c(=O)[nH]2)CC1. The fraction of sp³-hybridized carbons (Fsp3) is 0.429. The summed E-state index contributed by atoms with van der Waals surface area (Å²) in [7, 11) is 2.22. The van der Waals surface area contributed by atoms with Gasteiger partial charge in [-0.05, 0) is 28.1 Å². The molecule has 0 bridgehead atoms. The molecule has 2 aromatic rings. The van der Waals surface area contributed by atoms with Crippen LogP contribution in [0.5, 0.6) is 0 Å². The van der Waals surface area contributed by atoms with Crippen molar-refractivity contribution in [2.24, 2.45) is 0 Å². The first-order valence-electron chi connectivity index (χ1n) is 7.06. The zero-order valence-corrected chi connectivity index (χ0v) is 15.0. The normalized spacial score (nSPS) is 22.6. The number of nitrogens with one attached hydrogen (secondary N) is 3. The standard InChI is InChI=1S/C14H16Br2N4O/c1-19-2-4-20(5-3-19)8-12-17-13-10(14(21)18-12)6-9(15)7-11(13)16/h6-7H,2-5,8H2,1H3,(H,17,18,21)/p+2. The summed E-state index contributed by atoms with van der Waals surface area (Å²) in [5.74, 6) is 0.769. The van der Waals surface area contributed by atoms with Crippen LogP contribution < -0.4 is 15.4 Å². The maximum atomic E-state index is 12.2. The number of halogens is 2. The molecule has 0 spiro atoms. The summed E-state index contributed by atoms with van der Waals surface area (Å²) < 4.78 is 1.71. The number of aromatic amines is 1. The molecule has 0 unspecified atom stereocenters. The third-order valence-corrected chi connectivity index (χ3v) is 5.07. The molecule has 1 aromatic heterocycles. The molecule has 0 radical (unpaired) electrons. The summed E-state index contributed by atoms with van der Waals surface area (Å²) in [6, 6.07) is 3.73.